The van der Waals surface area contributed by atoms with Crippen LogP contribution >= 0.6 is 0 Å². The van der Waals surface area contributed by atoms with E-state index in [0.29, 0.717) is 24.7 Å². The van der Waals surface area contributed by atoms with E-state index in [1.54, 1.807) is 6.20 Å². The van der Waals surface area contributed by atoms with E-state index in [9.17, 15) is 4.79 Å². The molecule has 0 aromatic carbocycles. The molecule has 18 heavy (non-hydrogen) atoms. The van der Waals surface area contributed by atoms with Crippen molar-refractivity contribution in [3.8, 4) is 0 Å². The van der Waals surface area contributed by atoms with Crippen LogP contribution in [0.4, 0.5) is 5.82 Å². The van der Waals surface area contributed by atoms with Crippen LogP contribution in [0.1, 0.15) is 31.2 Å². The molecule has 98 valence electrons. The van der Waals surface area contributed by atoms with E-state index in [4.69, 9.17) is 11.5 Å². The summed E-state index contributed by atoms with van der Waals surface area (Å²) in [6, 6.07) is 3.70. The third-order valence-corrected chi connectivity index (χ3v) is 3.92. The fraction of sp³-hybridized carbons (Fsp3) is 0.571. The van der Waals surface area contributed by atoms with Crippen LogP contribution in [0.15, 0.2) is 18.3 Å². The van der Waals surface area contributed by atoms with Gasteiger partial charge in [0, 0.05) is 24.1 Å². The van der Waals surface area contributed by atoms with Crippen LogP contribution in [-0.2, 0) is 11.2 Å². The first kappa shape index (κ1) is 13.0. The van der Waals surface area contributed by atoms with Crippen molar-refractivity contribution in [2.75, 3.05) is 12.3 Å². The number of hydrogen-bond acceptors (Lipinski definition) is 4. The first-order valence-electron chi connectivity index (χ1n) is 6.64. The summed E-state index contributed by atoms with van der Waals surface area (Å²) in [6.07, 6.45) is 6.42. The van der Waals surface area contributed by atoms with Gasteiger partial charge in [0.25, 0.3) is 0 Å². The number of Topliss-reactive ketones (excluding diaryl/α,β-unsaturated/α-hetero) is 1. The molecule has 1 heterocycles. The van der Waals surface area contributed by atoms with Crippen molar-refractivity contribution in [3.05, 3.63) is 23.9 Å². The molecule has 1 aliphatic carbocycles. The maximum atomic E-state index is 12.4. The molecule has 1 aromatic rings. The van der Waals surface area contributed by atoms with Crippen LogP contribution in [0.25, 0.3) is 0 Å². The number of aromatic nitrogens is 1. The highest BCUT2D eigenvalue weighted by molar-refractivity contribution is 5.84. The second kappa shape index (κ2) is 5.96. The van der Waals surface area contributed by atoms with Crippen molar-refractivity contribution in [2.45, 2.75) is 32.1 Å². The van der Waals surface area contributed by atoms with E-state index in [1.807, 2.05) is 12.1 Å². The predicted octanol–water partition coefficient (Wildman–Crippen LogP) is 1.54. The molecule has 1 aliphatic rings. The second-order valence-electron chi connectivity index (χ2n) is 5.08. The molecule has 0 bridgehead atoms. The SMILES string of the molecule is NCC1CCCCC1C(=O)Cc1cccnc1N. The normalized spacial score (nSPS) is 23.8. The summed E-state index contributed by atoms with van der Waals surface area (Å²) in [6.45, 7) is 0.610. The Kier molecular flexibility index (Phi) is 4.31. The van der Waals surface area contributed by atoms with Gasteiger partial charge in [-0.3, -0.25) is 4.79 Å². The van der Waals surface area contributed by atoms with Crippen LogP contribution < -0.4 is 11.5 Å². The van der Waals surface area contributed by atoms with Gasteiger partial charge in [-0.1, -0.05) is 18.9 Å². The van der Waals surface area contributed by atoms with Gasteiger partial charge in [-0.05, 0) is 31.4 Å². The van der Waals surface area contributed by atoms with E-state index < -0.39 is 0 Å². The lowest BCUT2D eigenvalue weighted by Crippen LogP contribution is -2.33. The average molecular weight is 247 g/mol. The lowest BCUT2D eigenvalue weighted by atomic mass is 9.76. The third-order valence-electron chi connectivity index (χ3n) is 3.92. The summed E-state index contributed by atoms with van der Waals surface area (Å²) in [5.41, 5.74) is 12.4. The Balaban J connectivity index is 2.05. The van der Waals surface area contributed by atoms with Crippen molar-refractivity contribution in [3.63, 3.8) is 0 Å². The molecule has 2 atom stereocenters. The Morgan fingerprint density at radius 1 is 1.39 bits per heavy atom. The zero-order chi connectivity index (χ0) is 13.0. The van der Waals surface area contributed by atoms with Gasteiger partial charge >= 0.3 is 0 Å². The first-order valence-corrected chi connectivity index (χ1v) is 6.64. The van der Waals surface area contributed by atoms with Crippen LogP contribution in [0.5, 0.6) is 0 Å². The molecule has 2 unspecified atom stereocenters. The largest absolute Gasteiger partial charge is 0.383 e. The van der Waals surface area contributed by atoms with Gasteiger partial charge in [-0.25, -0.2) is 4.98 Å². The van der Waals surface area contributed by atoms with Crippen molar-refractivity contribution < 1.29 is 4.79 Å². The number of pyridine rings is 1. The fourth-order valence-corrected chi connectivity index (χ4v) is 2.83. The summed E-state index contributed by atoms with van der Waals surface area (Å²) in [5.74, 6) is 1.20. The van der Waals surface area contributed by atoms with Crippen molar-refractivity contribution in [1.29, 1.82) is 0 Å². The molecule has 4 nitrogen and oxygen atoms in total. The highest BCUT2D eigenvalue weighted by Gasteiger charge is 2.29. The molecule has 1 aromatic heterocycles. The van der Waals surface area contributed by atoms with Gasteiger partial charge in [0.05, 0.1) is 0 Å². The Morgan fingerprint density at radius 3 is 2.89 bits per heavy atom. The van der Waals surface area contributed by atoms with Gasteiger partial charge in [-0.2, -0.15) is 0 Å². The van der Waals surface area contributed by atoms with Gasteiger partial charge in [-0.15, -0.1) is 0 Å². The summed E-state index contributed by atoms with van der Waals surface area (Å²) >= 11 is 0. The molecule has 0 spiro atoms. The molecule has 0 amide bonds. The zero-order valence-corrected chi connectivity index (χ0v) is 10.6. The minimum absolute atomic E-state index is 0.114. The van der Waals surface area contributed by atoms with Crippen LogP contribution in [-0.4, -0.2) is 17.3 Å². The molecule has 2 rings (SSSR count). The lowest BCUT2D eigenvalue weighted by Gasteiger charge is -2.29. The minimum atomic E-state index is 0.114. The Hall–Kier alpha value is -1.42. The van der Waals surface area contributed by atoms with E-state index in [-0.39, 0.29) is 11.7 Å². The minimum Gasteiger partial charge on any atom is -0.383 e. The number of carbonyl (C=O) groups is 1. The number of ketones is 1. The quantitative estimate of drug-likeness (QED) is 0.845. The maximum Gasteiger partial charge on any atom is 0.140 e. The highest BCUT2D eigenvalue weighted by atomic mass is 16.1. The smallest absolute Gasteiger partial charge is 0.140 e. The number of carbonyl (C=O) groups excluding carboxylic acids is 1. The number of nitrogen functional groups attached to an aromatic ring is 1. The second-order valence-corrected chi connectivity index (χ2v) is 5.08. The Bertz CT molecular complexity index is 419. The van der Waals surface area contributed by atoms with Crippen molar-refractivity contribution in [2.24, 2.45) is 17.6 Å². The zero-order valence-electron chi connectivity index (χ0n) is 10.6. The molecule has 0 aliphatic heterocycles. The monoisotopic (exact) mass is 247 g/mol. The molecule has 1 saturated carbocycles. The highest BCUT2D eigenvalue weighted by Crippen LogP contribution is 2.31. The summed E-state index contributed by atoms with van der Waals surface area (Å²) in [5, 5.41) is 0. The molecule has 0 radical (unpaired) electrons. The third kappa shape index (κ3) is 2.88. The fourth-order valence-electron chi connectivity index (χ4n) is 2.83. The number of rotatable bonds is 4. The molecular weight excluding hydrogens is 226 g/mol. The van der Waals surface area contributed by atoms with Gasteiger partial charge in [0.2, 0.25) is 0 Å². The summed E-state index contributed by atoms with van der Waals surface area (Å²) in [7, 11) is 0. The van der Waals surface area contributed by atoms with E-state index in [2.05, 4.69) is 4.98 Å². The van der Waals surface area contributed by atoms with Gasteiger partial charge in [0.15, 0.2) is 0 Å². The lowest BCUT2D eigenvalue weighted by molar-refractivity contribution is -0.124. The molecule has 4 heteroatoms. The predicted molar refractivity (Wildman–Crippen MR) is 71.9 cm³/mol. The van der Waals surface area contributed by atoms with E-state index in [1.165, 1.54) is 6.42 Å². The molecule has 0 saturated heterocycles. The first-order chi connectivity index (χ1) is 8.72. The molecule has 4 N–H and O–H groups in total. The van der Waals surface area contributed by atoms with Crippen molar-refractivity contribution >= 4 is 11.6 Å². The number of nitrogens with zero attached hydrogens (tertiary/aromatic N) is 1. The number of nitrogens with two attached hydrogens (primary N) is 2. The van der Waals surface area contributed by atoms with Crippen LogP contribution in [0.3, 0.4) is 0 Å². The average Bonchev–Trinajstić information content (AvgIpc) is 2.41. The van der Waals surface area contributed by atoms with Crippen molar-refractivity contribution in [1.82, 2.24) is 4.98 Å². The van der Waals surface area contributed by atoms with Crippen LogP contribution in [0, 0.1) is 11.8 Å². The van der Waals surface area contributed by atoms with E-state index in [0.717, 1.165) is 24.8 Å². The van der Waals surface area contributed by atoms with Crippen LogP contribution in [0.2, 0.25) is 0 Å². The maximum absolute atomic E-state index is 12.4. The number of hydrogen-bond donors (Lipinski definition) is 2. The summed E-state index contributed by atoms with van der Waals surface area (Å²) < 4.78 is 0. The van der Waals surface area contributed by atoms with E-state index >= 15 is 0 Å². The molecular formula is C14H21N3O. The Labute approximate surface area is 108 Å². The summed E-state index contributed by atoms with van der Waals surface area (Å²) in [4.78, 5) is 16.4. The molecule has 1 fully saturated rings. The van der Waals surface area contributed by atoms with Gasteiger partial charge in [0.1, 0.15) is 11.6 Å². The Morgan fingerprint density at radius 2 is 2.17 bits per heavy atom. The number of anilines is 1. The topological polar surface area (TPSA) is 82.0 Å². The van der Waals surface area contributed by atoms with Gasteiger partial charge < -0.3 is 11.5 Å². The standard InChI is InChI=1S/C14H21N3O/c15-9-11-4-1-2-6-12(11)13(18)8-10-5-3-7-17-14(10)16/h3,5,7,11-12H,1-2,4,6,8-9,15H2,(H2,16,17).